The molecule has 0 spiro atoms. The molecule has 10 heteroatoms. The van der Waals surface area contributed by atoms with Gasteiger partial charge in [-0.15, -0.1) is 22.7 Å². The van der Waals surface area contributed by atoms with Crippen molar-refractivity contribution < 1.29 is 0 Å². The van der Waals surface area contributed by atoms with Crippen molar-refractivity contribution in [2.75, 3.05) is 0 Å². The number of benzene rings is 16. The Morgan fingerprint density at radius 3 is 1.13 bits per heavy atom. The van der Waals surface area contributed by atoms with Gasteiger partial charge in [0.15, 0.2) is 34.9 Å². The lowest BCUT2D eigenvalue weighted by atomic mass is 10.0. The number of hydrogen-bond acceptors (Lipinski definition) is 8. The lowest BCUT2D eigenvalue weighted by Gasteiger charge is -2.15. The number of para-hydroxylation sites is 2. The molecule has 0 unspecified atom stereocenters. The van der Waals surface area contributed by atoms with Gasteiger partial charge >= 0.3 is 0 Å². The Kier molecular flexibility index (Phi) is 15.8. The molecular formula is C100H62N8S2. The molecule has 0 amide bonds. The molecule has 0 bridgehead atoms. The summed E-state index contributed by atoms with van der Waals surface area (Å²) in [6, 6.07) is 133. The highest BCUT2D eigenvalue weighted by Gasteiger charge is 2.23. The lowest BCUT2D eigenvalue weighted by molar-refractivity contribution is 1.07. The number of rotatable bonds is 11. The molecule has 6 heterocycles. The third-order valence-corrected chi connectivity index (χ3v) is 23.6. The number of fused-ring (bicyclic) bond motifs is 13. The highest BCUT2D eigenvalue weighted by molar-refractivity contribution is 7.26. The summed E-state index contributed by atoms with van der Waals surface area (Å²) in [7, 11) is 0. The summed E-state index contributed by atoms with van der Waals surface area (Å²) >= 11 is 3.74. The first kappa shape index (κ1) is 64.2. The van der Waals surface area contributed by atoms with Gasteiger partial charge in [0.2, 0.25) is 0 Å². The van der Waals surface area contributed by atoms with Crippen LogP contribution in [-0.4, -0.2) is 39.0 Å². The zero-order chi connectivity index (χ0) is 72.6. The molecule has 110 heavy (non-hydrogen) atoms. The molecule has 8 nitrogen and oxygen atoms in total. The Bertz CT molecular complexity index is 7270. The van der Waals surface area contributed by atoms with Gasteiger partial charge in [-0.3, -0.25) is 0 Å². The van der Waals surface area contributed by atoms with E-state index in [4.69, 9.17) is 29.9 Å². The first-order valence-electron chi connectivity index (χ1n) is 36.9. The second kappa shape index (κ2) is 27.0. The largest absolute Gasteiger partial charge is 0.309 e. The van der Waals surface area contributed by atoms with E-state index in [1.165, 1.54) is 101 Å². The van der Waals surface area contributed by atoms with Gasteiger partial charge in [-0.2, -0.15) is 0 Å². The van der Waals surface area contributed by atoms with Gasteiger partial charge in [0.05, 0.1) is 27.8 Å². The van der Waals surface area contributed by atoms with E-state index in [1.54, 1.807) is 0 Å². The fourth-order valence-electron chi connectivity index (χ4n) is 15.9. The van der Waals surface area contributed by atoms with Crippen LogP contribution in [0.25, 0.3) is 208 Å². The molecule has 0 atom stereocenters. The molecule has 514 valence electrons. The normalized spacial score (nSPS) is 11.6. The summed E-state index contributed by atoms with van der Waals surface area (Å²) in [6.07, 6.45) is 0. The number of hydrogen-bond donors (Lipinski definition) is 0. The van der Waals surface area contributed by atoms with Gasteiger partial charge < -0.3 is 9.13 Å². The molecule has 0 aliphatic carbocycles. The van der Waals surface area contributed by atoms with Crippen molar-refractivity contribution in [2.45, 2.75) is 0 Å². The van der Waals surface area contributed by atoms with Gasteiger partial charge in [0.1, 0.15) is 0 Å². The molecule has 0 saturated heterocycles. The van der Waals surface area contributed by atoms with Crippen molar-refractivity contribution in [3.05, 3.63) is 376 Å². The van der Waals surface area contributed by atoms with Gasteiger partial charge in [0, 0.05) is 106 Å². The van der Waals surface area contributed by atoms with Crippen molar-refractivity contribution >= 4 is 117 Å². The highest BCUT2D eigenvalue weighted by Crippen LogP contribution is 2.46. The maximum atomic E-state index is 5.12. The minimum absolute atomic E-state index is 0.626. The van der Waals surface area contributed by atoms with Crippen LogP contribution >= 0.6 is 22.7 Å². The van der Waals surface area contributed by atoms with Crippen LogP contribution in [0.3, 0.4) is 0 Å². The second-order valence-corrected chi connectivity index (χ2v) is 29.7. The van der Waals surface area contributed by atoms with Crippen molar-refractivity contribution in [3.8, 4) is 113 Å². The summed E-state index contributed by atoms with van der Waals surface area (Å²) in [5.74, 6) is 3.85. The molecule has 16 aromatic carbocycles. The van der Waals surface area contributed by atoms with Gasteiger partial charge in [-0.05, 0) is 105 Å². The van der Waals surface area contributed by atoms with E-state index in [2.05, 4.69) is 288 Å². The van der Waals surface area contributed by atoms with Crippen molar-refractivity contribution in [1.29, 1.82) is 0 Å². The third kappa shape index (κ3) is 11.3. The van der Waals surface area contributed by atoms with Crippen LogP contribution in [0, 0.1) is 0 Å². The van der Waals surface area contributed by atoms with Gasteiger partial charge in [-0.25, -0.2) is 29.9 Å². The van der Waals surface area contributed by atoms with Crippen LogP contribution in [-0.2, 0) is 0 Å². The predicted octanol–water partition coefficient (Wildman–Crippen LogP) is 26.8. The molecule has 0 saturated carbocycles. The Hall–Kier alpha value is -14.2. The molecular weight excluding hydrogens is 1380 g/mol. The summed E-state index contributed by atoms with van der Waals surface area (Å²) in [5.41, 5.74) is 19.7. The van der Waals surface area contributed by atoms with E-state index in [-0.39, 0.29) is 0 Å². The molecule has 6 aromatic heterocycles. The fourth-order valence-corrected chi connectivity index (χ4v) is 18.4. The maximum absolute atomic E-state index is 5.12. The molecule has 22 rings (SSSR count). The first-order valence-corrected chi connectivity index (χ1v) is 38.5. The zero-order valence-electron chi connectivity index (χ0n) is 59.2. The molecule has 0 N–H and O–H groups in total. The van der Waals surface area contributed by atoms with Crippen LogP contribution in [0.4, 0.5) is 0 Å². The Morgan fingerprint density at radius 2 is 0.555 bits per heavy atom. The molecule has 0 fully saturated rings. The number of nitrogens with zero attached hydrogens (tertiary/aromatic N) is 8. The van der Waals surface area contributed by atoms with Gasteiger partial charge in [0.25, 0.3) is 0 Å². The van der Waals surface area contributed by atoms with E-state index < -0.39 is 0 Å². The minimum Gasteiger partial charge on any atom is -0.309 e. The smallest absolute Gasteiger partial charge is 0.164 e. The highest BCUT2D eigenvalue weighted by atomic mass is 32.1. The Morgan fingerprint density at radius 1 is 0.182 bits per heavy atom. The molecule has 0 aliphatic heterocycles. The topological polar surface area (TPSA) is 87.2 Å². The summed E-state index contributed by atoms with van der Waals surface area (Å²) in [5, 5.41) is 12.3. The average molecular weight is 1440 g/mol. The van der Waals surface area contributed by atoms with Crippen LogP contribution in [0.15, 0.2) is 376 Å². The van der Waals surface area contributed by atoms with E-state index in [1.807, 2.05) is 120 Å². The number of aromatic nitrogens is 8. The second-order valence-electron chi connectivity index (χ2n) is 27.6. The minimum atomic E-state index is 0.626. The number of thiophene rings is 2. The zero-order valence-corrected chi connectivity index (χ0v) is 60.8. The standard InChI is InChI=1S/C51H32N4S.C49H30N4S/c1-3-13-33(14-4-1)34-25-27-36(28-26-34)50-52-49(35-15-5-2-6-16-35)53-51(54-50)38-17-11-18-39(31-38)55-45-23-9-7-19-41(45)42-30-29-37(32-46(42)55)40-21-12-22-44-43-20-8-10-24-47(43)56-48(40)44;1-3-14-31(15-4-1)47-50-48(32-16-5-2-6-17-32)52-49(51-47)40-27-29-43(36-19-8-7-18-35(36)40)53-42-24-11-9-20-37(42)41-30-33(26-28-44(41)53)34-22-13-23-39-38-21-10-12-25-45(38)54-46(34)39/h1-32H;1-30H. The summed E-state index contributed by atoms with van der Waals surface area (Å²) < 4.78 is 10.1. The fraction of sp³-hybridized carbons (Fsp3) is 0. The van der Waals surface area contributed by atoms with E-state index >= 15 is 0 Å². The van der Waals surface area contributed by atoms with E-state index in [0.717, 1.165) is 72.1 Å². The third-order valence-electron chi connectivity index (χ3n) is 21.1. The first-order chi connectivity index (χ1) is 54.5. The van der Waals surface area contributed by atoms with E-state index in [9.17, 15) is 0 Å². The predicted molar refractivity (Wildman–Crippen MR) is 461 cm³/mol. The SMILES string of the molecule is c1ccc(-c2ccc(-c3nc(-c4ccccc4)nc(-c4cccc(-n5c6ccccc6c6ccc(-c7cccc8c7sc7ccccc78)cc65)c4)n3)cc2)cc1.c1ccc(-c2nc(-c3ccccc3)nc(-c3ccc(-n4c5ccccc5c5cc(-c6cccc7c6sc6ccccc67)ccc54)c4ccccc34)n2)cc1. The Balaban J connectivity index is 0.000000140. The van der Waals surface area contributed by atoms with Crippen molar-refractivity contribution in [3.63, 3.8) is 0 Å². The maximum Gasteiger partial charge on any atom is 0.164 e. The van der Waals surface area contributed by atoms with Crippen LogP contribution < -0.4 is 0 Å². The van der Waals surface area contributed by atoms with Crippen LogP contribution in [0.2, 0.25) is 0 Å². The van der Waals surface area contributed by atoms with Crippen molar-refractivity contribution in [2.24, 2.45) is 0 Å². The van der Waals surface area contributed by atoms with Gasteiger partial charge in [-0.1, -0.05) is 309 Å². The van der Waals surface area contributed by atoms with Crippen LogP contribution in [0.1, 0.15) is 0 Å². The van der Waals surface area contributed by atoms with Crippen LogP contribution in [0.5, 0.6) is 0 Å². The van der Waals surface area contributed by atoms with Crippen molar-refractivity contribution in [1.82, 2.24) is 39.0 Å². The molecule has 0 radical (unpaired) electrons. The van der Waals surface area contributed by atoms with E-state index in [0.29, 0.717) is 34.9 Å². The Labute approximate surface area is 641 Å². The molecule has 0 aliphatic rings. The summed E-state index contributed by atoms with van der Waals surface area (Å²) in [4.78, 5) is 30.3. The average Bonchev–Trinajstić information content (AvgIpc) is 1.60. The summed E-state index contributed by atoms with van der Waals surface area (Å²) in [6.45, 7) is 0. The monoisotopic (exact) mass is 1440 g/mol. The quantitative estimate of drug-likeness (QED) is 0.128. The molecule has 22 aromatic rings. The lowest BCUT2D eigenvalue weighted by Crippen LogP contribution is -2.01.